The van der Waals surface area contributed by atoms with E-state index in [9.17, 15) is 13.5 Å². The highest BCUT2D eigenvalue weighted by molar-refractivity contribution is 7.93. The number of aliphatic hydroxyl groups is 1. The van der Waals surface area contributed by atoms with Crippen molar-refractivity contribution < 1.29 is 23.0 Å². The first kappa shape index (κ1) is 25.5. The third-order valence-electron chi connectivity index (χ3n) is 5.33. The lowest BCUT2D eigenvalue weighted by atomic mass is 10.2. The molecular weight excluding hydrogens is 506 g/mol. The van der Waals surface area contributed by atoms with Crippen molar-refractivity contribution in [2.45, 2.75) is 32.1 Å². The number of nitrogens with zero attached hydrogens (tertiary/aromatic N) is 6. The molecule has 12 nitrogen and oxygen atoms in total. The summed E-state index contributed by atoms with van der Waals surface area (Å²) in [4.78, 5) is 12.6. The third-order valence-corrected chi connectivity index (χ3v) is 7.99. The lowest BCUT2D eigenvalue weighted by molar-refractivity contribution is 0.166. The Morgan fingerprint density at radius 3 is 2.28 bits per heavy atom. The molecule has 3 aromatic heterocycles. The largest absolute Gasteiger partial charge is 0.494 e. The number of aryl methyl sites for hydroxylation is 2. The smallest absolute Gasteiger partial charge is 0.243 e. The van der Waals surface area contributed by atoms with E-state index in [4.69, 9.17) is 9.47 Å². The van der Waals surface area contributed by atoms with Gasteiger partial charge in [-0.1, -0.05) is 6.07 Å². The van der Waals surface area contributed by atoms with Gasteiger partial charge in [-0.2, -0.15) is 0 Å². The zero-order chi connectivity index (χ0) is 26.0. The molecule has 1 aromatic carbocycles. The highest BCUT2D eigenvalue weighted by Crippen LogP contribution is 2.38. The Morgan fingerprint density at radius 2 is 1.72 bits per heavy atom. The van der Waals surface area contributed by atoms with Crippen LogP contribution in [0.2, 0.25) is 0 Å². The van der Waals surface area contributed by atoms with Gasteiger partial charge in [0.2, 0.25) is 16.0 Å². The minimum atomic E-state index is -4.21. The van der Waals surface area contributed by atoms with Crippen molar-refractivity contribution in [3.63, 3.8) is 0 Å². The lowest BCUT2D eigenvalue weighted by Gasteiger charge is -2.20. The second kappa shape index (κ2) is 10.2. The van der Waals surface area contributed by atoms with Crippen LogP contribution in [0.3, 0.4) is 0 Å². The molecule has 0 bridgehead atoms. The molecule has 0 fully saturated rings. The van der Waals surface area contributed by atoms with E-state index in [1.807, 2.05) is 12.3 Å². The SMILES string of the molecule is COc1cccc(OC)c1-n1c(NS(=O)(=O)C(C)C(O)c2ncc(C)cn2)nnc1-c1nc(C)cs1. The number of rotatable bonds is 9. The number of hydrogen-bond acceptors (Lipinski definition) is 11. The van der Waals surface area contributed by atoms with E-state index < -0.39 is 21.4 Å². The molecular formula is C22H25N7O5S2. The van der Waals surface area contributed by atoms with Gasteiger partial charge in [0.1, 0.15) is 28.5 Å². The molecule has 2 atom stereocenters. The molecule has 4 aromatic rings. The van der Waals surface area contributed by atoms with Crippen LogP contribution in [0.1, 0.15) is 30.1 Å². The van der Waals surface area contributed by atoms with Gasteiger partial charge >= 0.3 is 0 Å². The number of benzene rings is 1. The summed E-state index contributed by atoms with van der Waals surface area (Å²) in [6, 6.07) is 5.14. The molecule has 2 unspecified atom stereocenters. The van der Waals surface area contributed by atoms with Crippen LogP contribution in [0.15, 0.2) is 36.0 Å². The molecule has 190 valence electrons. The number of hydrogen-bond donors (Lipinski definition) is 2. The fourth-order valence-corrected chi connectivity index (χ4v) is 5.17. The van der Waals surface area contributed by atoms with Gasteiger partial charge in [-0.15, -0.1) is 21.5 Å². The van der Waals surface area contributed by atoms with Gasteiger partial charge in [0.15, 0.2) is 16.7 Å². The predicted molar refractivity (Wildman–Crippen MR) is 134 cm³/mol. The second-order valence-electron chi connectivity index (χ2n) is 7.90. The number of ether oxygens (including phenoxy) is 2. The summed E-state index contributed by atoms with van der Waals surface area (Å²) in [5.74, 6) is 0.925. The Labute approximate surface area is 212 Å². The van der Waals surface area contributed by atoms with Crippen LogP contribution >= 0.6 is 11.3 Å². The maximum Gasteiger partial charge on any atom is 0.243 e. The number of para-hydroxylation sites is 1. The molecule has 2 N–H and O–H groups in total. The molecule has 36 heavy (non-hydrogen) atoms. The number of sulfonamides is 1. The molecule has 0 amide bonds. The van der Waals surface area contributed by atoms with E-state index in [1.165, 1.54) is 49.4 Å². The van der Waals surface area contributed by atoms with E-state index in [-0.39, 0.29) is 17.6 Å². The first-order chi connectivity index (χ1) is 17.2. The Kier molecular flexibility index (Phi) is 7.19. The summed E-state index contributed by atoms with van der Waals surface area (Å²) < 4.78 is 41.7. The predicted octanol–water partition coefficient (Wildman–Crippen LogP) is 2.68. The third kappa shape index (κ3) is 4.87. The molecule has 4 rings (SSSR count). The summed E-state index contributed by atoms with van der Waals surface area (Å²) in [7, 11) is -1.23. The first-order valence-corrected chi connectivity index (χ1v) is 13.2. The summed E-state index contributed by atoms with van der Waals surface area (Å²) in [5, 5.41) is 20.1. The summed E-state index contributed by atoms with van der Waals surface area (Å²) in [5.41, 5.74) is 1.93. The van der Waals surface area contributed by atoms with Crippen molar-refractivity contribution in [2.24, 2.45) is 0 Å². The van der Waals surface area contributed by atoms with Gasteiger partial charge in [0, 0.05) is 23.5 Å². The van der Waals surface area contributed by atoms with E-state index in [0.29, 0.717) is 22.2 Å². The molecule has 0 saturated heterocycles. The fraction of sp³-hybridized carbons (Fsp3) is 0.318. The monoisotopic (exact) mass is 531 g/mol. The average Bonchev–Trinajstić information content (AvgIpc) is 3.48. The van der Waals surface area contributed by atoms with E-state index in [0.717, 1.165) is 11.3 Å². The topological polar surface area (TPSA) is 154 Å². The maximum atomic E-state index is 13.3. The van der Waals surface area contributed by atoms with E-state index >= 15 is 0 Å². The molecule has 0 spiro atoms. The Balaban J connectivity index is 1.81. The summed E-state index contributed by atoms with van der Waals surface area (Å²) >= 11 is 1.33. The molecule has 0 aliphatic heterocycles. The van der Waals surface area contributed by atoms with Crippen LogP contribution in [-0.4, -0.2) is 62.7 Å². The highest BCUT2D eigenvalue weighted by atomic mass is 32.2. The normalized spacial score (nSPS) is 13.3. The van der Waals surface area contributed by atoms with Crippen LogP contribution in [0.25, 0.3) is 16.5 Å². The summed E-state index contributed by atoms with van der Waals surface area (Å²) in [6.45, 7) is 4.98. The van der Waals surface area contributed by atoms with Crippen LogP contribution in [0, 0.1) is 13.8 Å². The molecule has 0 radical (unpaired) electrons. The molecule has 14 heteroatoms. The molecule has 3 heterocycles. The zero-order valence-corrected chi connectivity index (χ0v) is 21.8. The van der Waals surface area contributed by atoms with Crippen LogP contribution in [0.5, 0.6) is 11.5 Å². The van der Waals surface area contributed by atoms with Gasteiger partial charge in [0.25, 0.3) is 0 Å². The number of anilines is 1. The van der Waals surface area contributed by atoms with Crippen molar-refractivity contribution in [3.05, 3.63) is 53.1 Å². The van der Waals surface area contributed by atoms with Crippen LogP contribution < -0.4 is 14.2 Å². The zero-order valence-electron chi connectivity index (χ0n) is 20.2. The quantitative estimate of drug-likeness (QED) is 0.329. The standard InChI is InChI=1S/C22H25N7O5S2/c1-12-9-23-19(24-10-12)18(30)14(3)36(31,32)28-22-27-26-20(21-25-13(2)11-35-21)29(22)17-15(33-4)7-6-8-16(17)34-5/h6-11,14,18,30H,1-5H3,(H,27,28). The van der Waals surface area contributed by atoms with Crippen molar-refractivity contribution in [3.8, 4) is 28.0 Å². The lowest BCUT2D eigenvalue weighted by Crippen LogP contribution is -2.32. The number of methoxy groups -OCH3 is 2. The minimum absolute atomic E-state index is 0.00899. The van der Waals surface area contributed by atoms with Crippen molar-refractivity contribution in [2.75, 3.05) is 18.9 Å². The van der Waals surface area contributed by atoms with Gasteiger partial charge in [0.05, 0.1) is 14.2 Å². The summed E-state index contributed by atoms with van der Waals surface area (Å²) in [6.07, 6.45) is 1.53. The van der Waals surface area contributed by atoms with Gasteiger partial charge in [-0.25, -0.2) is 23.4 Å². The fourth-order valence-electron chi connectivity index (χ4n) is 3.36. The van der Waals surface area contributed by atoms with Gasteiger partial charge in [-0.3, -0.25) is 9.29 Å². The van der Waals surface area contributed by atoms with Crippen molar-refractivity contribution in [1.29, 1.82) is 0 Å². The van der Waals surface area contributed by atoms with E-state index in [2.05, 4.69) is 29.9 Å². The van der Waals surface area contributed by atoms with Crippen LogP contribution in [-0.2, 0) is 10.0 Å². The first-order valence-electron chi connectivity index (χ1n) is 10.7. The Bertz CT molecular complexity index is 1450. The number of aliphatic hydroxyl groups excluding tert-OH is 1. The number of aromatic nitrogens is 6. The van der Waals surface area contributed by atoms with Crippen molar-refractivity contribution >= 4 is 27.3 Å². The average molecular weight is 532 g/mol. The Hall–Kier alpha value is -3.62. The van der Waals surface area contributed by atoms with Gasteiger partial charge < -0.3 is 14.6 Å². The molecule has 0 saturated carbocycles. The molecule has 0 aliphatic rings. The Morgan fingerprint density at radius 1 is 1.08 bits per heavy atom. The number of nitrogens with one attached hydrogen (secondary N) is 1. The molecule has 0 aliphatic carbocycles. The second-order valence-corrected chi connectivity index (χ2v) is 10.8. The van der Waals surface area contributed by atoms with Crippen molar-refractivity contribution in [1.82, 2.24) is 29.7 Å². The maximum absolute atomic E-state index is 13.3. The van der Waals surface area contributed by atoms with Crippen LogP contribution in [0.4, 0.5) is 5.95 Å². The van der Waals surface area contributed by atoms with E-state index in [1.54, 1.807) is 25.1 Å². The number of thiazole rings is 1. The van der Waals surface area contributed by atoms with Gasteiger partial charge in [-0.05, 0) is 38.5 Å². The highest BCUT2D eigenvalue weighted by Gasteiger charge is 2.34. The minimum Gasteiger partial charge on any atom is -0.494 e.